The van der Waals surface area contributed by atoms with Crippen LogP contribution in [0.4, 0.5) is 0 Å². The summed E-state index contributed by atoms with van der Waals surface area (Å²) in [4.78, 5) is 7.24. The van der Waals surface area contributed by atoms with Gasteiger partial charge < -0.3 is 20.6 Å². The van der Waals surface area contributed by atoms with Crippen molar-refractivity contribution < 1.29 is 9.84 Å². The van der Waals surface area contributed by atoms with Crippen LogP contribution in [0.2, 0.25) is 0 Å². The molecule has 0 amide bonds. The normalized spacial score (nSPS) is 12.4. The van der Waals surface area contributed by atoms with E-state index in [-0.39, 0.29) is 6.54 Å². The molecule has 1 unspecified atom stereocenters. The standard InChI is InChI=1S/C14H19N3O2/c1-3-9-4-5-13(19-2)10(6-9)11-8-16-14(17-11)12(18)7-15/h4-6,8,12,18H,3,7,15H2,1-2H3,(H,16,17). The van der Waals surface area contributed by atoms with Gasteiger partial charge in [-0.1, -0.05) is 13.0 Å². The van der Waals surface area contributed by atoms with Crippen molar-refractivity contribution in [3.8, 4) is 17.0 Å². The van der Waals surface area contributed by atoms with Crippen molar-refractivity contribution in [3.05, 3.63) is 35.8 Å². The van der Waals surface area contributed by atoms with Crippen molar-refractivity contribution in [2.24, 2.45) is 5.73 Å². The Hall–Kier alpha value is -1.85. The average Bonchev–Trinajstić information content (AvgIpc) is 2.95. The fraction of sp³-hybridized carbons (Fsp3) is 0.357. The fourth-order valence-electron chi connectivity index (χ4n) is 1.94. The molecule has 1 atom stereocenters. The molecule has 0 aliphatic rings. The number of benzene rings is 1. The Balaban J connectivity index is 2.42. The lowest BCUT2D eigenvalue weighted by molar-refractivity contribution is 0.177. The quantitative estimate of drug-likeness (QED) is 0.764. The Morgan fingerprint density at radius 3 is 2.89 bits per heavy atom. The second-order valence-electron chi connectivity index (χ2n) is 4.32. The summed E-state index contributed by atoms with van der Waals surface area (Å²) in [6.07, 6.45) is 1.86. The zero-order chi connectivity index (χ0) is 13.8. The van der Waals surface area contributed by atoms with E-state index in [0.29, 0.717) is 5.82 Å². The van der Waals surface area contributed by atoms with Gasteiger partial charge in [-0.05, 0) is 24.1 Å². The number of aliphatic hydroxyl groups excluding tert-OH is 1. The van der Waals surface area contributed by atoms with Crippen LogP contribution in [0.15, 0.2) is 24.4 Å². The molecule has 0 fully saturated rings. The number of nitrogens with one attached hydrogen (secondary N) is 1. The van der Waals surface area contributed by atoms with Gasteiger partial charge in [0, 0.05) is 12.1 Å². The van der Waals surface area contributed by atoms with Crippen LogP contribution in [0, 0.1) is 0 Å². The second kappa shape index (κ2) is 5.86. The number of aliphatic hydroxyl groups is 1. The summed E-state index contributed by atoms with van der Waals surface area (Å²) in [5.74, 6) is 1.25. The first kappa shape index (κ1) is 13.6. The lowest BCUT2D eigenvalue weighted by Crippen LogP contribution is -2.12. The van der Waals surface area contributed by atoms with Crippen LogP contribution < -0.4 is 10.5 Å². The van der Waals surface area contributed by atoms with Crippen LogP contribution in [0.3, 0.4) is 0 Å². The molecular formula is C14H19N3O2. The molecule has 1 heterocycles. The van der Waals surface area contributed by atoms with Crippen LogP contribution in [-0.4, -0.2) is 28.7 Å². The molecule has 0 aliphatic carbocycles. The molecule has 102 valence electrons. The number of aryl methyl sites for hydroxylation is 1. The number of imidazole rings is 1. The number of nitrogens with two attached hydrogens (primary N) is 1. The molecule has 2 aromatic rings. The van der Waals surface area contributed by atoms with Crippen LogP contribution >= 0.6 is 0 Å². The number of hydrogen-bond acceptors (Lipinski definition) is 4. The van der Waals surface area contributed by atoms with Gasteiger partial charge in [-0.25, -0.2) is 4.98 Å². The molecule has 0 saturated heterocycles. The van der Waals surface area contributed by atoms with Gasteiger partial charge in [0.15, 0.2) is 0 Å². The maximum Gasteiger partial charge on any atom is 0.136 e. The van der Waals surface area contributed by atoms with Crippen LogP contribution in [0.25, 0.3) is 11.3 Å². The first-order valence-electron chi connectivity index (χ1n) is 6.29. The largest absolute Gasteiger partial charge is 0.496 e. The molecule has 0 aliphatic heterocycles. The number of hydrogen-bond donors (Lipinski definition) is 3. The van der Waals surface area contributed by atoms with E-state index >= 15 is 0 Å². The highest BCUT2D eigenvalue weighted by molar-refractivity contribution is 5.67. The van der Waals surface area contributed by atoms with E-state index in [2.05, 4.69) is 23.0 Å². The Kier molecular flexibility index (Phi) is 4.19. The second-order valence-corrected chi connectivity index (χ2v) is 4.32. The Morgan fingerprint density at radius 1 is 1.47 bits per heavy atom. The monoisotopic (exact) mass is 261 g/mol. The van der Waals surface area contributed by atoms with Gasteiger partial charge in [0.25, 0.3) is 0 Å². The van der Waals surface area contributed by atoms with E-state index in [1.807, 2.05) is 12.1 Å². The molecule has 1 aromatic heterocycles. The number of aromatic amines is 1. The van der Waals surface area contributed by atoms with Crippen molar-refractivity contribution >= 4 is 0 Å². The van der Waals surface area contributed by atoms with E-state index in [9.17, 15) is 5.11 Å². The Morgan fingerprint density at radius 2 is 2.26 bits per heavy atom. The van der Waals surface area contributed by atoms with E-state index in [0.717, 1.165) is 23.4 Å². The molecule has 2 rings (SSSR count). The number of rotatable bonds is 5. The molecule has 1 aromatic carbocycles. The SMILES string of the molecule is CCc1ccc(OC)c(-c2cnc(C(O)CN)[nH]2)c1. The van der Waals surface area contributed by atoms with Crippen molar-refractivity contribution in [2.75, 3.05) is 13.7 Å². The Bertz CT molecular complexity index is 551. The number of nitrogens with zero attached hydrogens (tertiary/aromatic N) is 1. The van der Waals surface area contributed by atoms with Crippen molar-refractivity contribution in [1.82, 2.24) is 9.97 Å². The van der Waals surface area contributed by atoms with Crippen molar-refractivity contribution in [1.29, 1.82) is 0 Å². The van der Waals surface area contributed by atoms with Crippen LogP contribution in [0.1, 0.15) is 24.4 Å². The van der Waals surface area contributed by atoms with Gasteiger partial charge >= 0.3 is 0 Å². The summed E-state index contributed by atoms with van der Waals surface area (Å²) >= 11 is 0. The van der Waals surface area contributed by atoms with Gasteiger partial charge in [0.1, 0.15) is 17.7 Å². The first-order valence-corrected chi connectivity index (χ1v) is 6.29. The van der Waals surface area contributed by atoms with E-state index in [4.69, 9.17) is 10.5 Å². The third-order valence-electron chi connectivity index (χ3n) is 3.10. The molecule has 5 nitrogen and oxygen atoms in total. The summed E-state index contributed by atoms with van der Waals surface area (Å²) in [7, 11) is 1.64. The fourth-order valence-corrected chi connectivity index (χ4v) is 1.94. The number of aromatic nitrogens is 2. The van der Waals surface area contributed by atoms with Crippen molar-refractivity contribution in [2.45, 2.75) is 19.4 Å². The molecule has 0 bridgehead atoms. The topological polar surface area (TPSA) is 84.2 Å². The van der Waals surface area contributed by atoms with Crippen LogP contribution in [0.5, 0.6) is 5.75 Å². The molecule has 0 saturated carbocycles. The highest BCUT2D eigenvalue weighted by Crippen LogP contribution is 2.30. The molecule has 5 heteroatoms. The highest BCUT2D eigenvalue weighted by atomic mass is 16.5. The summed E-state index contributed by atoms with van der Waals surface area (Å²) < 4.78 is 5.36. The molecule has 19 heavy (non-hydrogen) atoms. The van der Waals surface area contributed by atoms with E-state index in [1.54, 1.807) is 13.3 Å². The van der Waals surface area contributed by atoms with Gasteiger partial charge in [0.2, 0.25) is 0 Å². The van der Waals surface area contributed by atoms with Gasteiger partial charge in [-0.15, -0.1) is 0 Å². The van der Waals surface area contributed by atoms with Crippen molar-refractivity contribution in [3.63, 3.8) is 0 Å². The molecule has 0 spiro atoms. The molecule has 4 N–H and O–H groups in total. The zero-order valence-corrected chi connectivity index (χ0v) is 11.2. The summed E-state index contributed by atoms with van der Waals surface area (Å²) in [5.41, 5.74) is 8.38. The third kappa shape index (κ3) is 2.77. The predicted octanol–water partition coefficient (Wildman–Crippen LogP) is 1.64. The zero-order valence-electron chi connectivity index (χ0n) is 11.2. The van der Waals surface area contributed by atoms with Gasteiger partial charge in [-0.3, -0.25) is 0 Å². The summed E-state index contributed by atoms with van der Waals surface area (Å²) in [6, 6.07) is 6.04. The summed E-state index contributed by atoms with van der Waals surface area (Å²) in [5, 5.41) is 9.67. The number of methoxy groups -OCH3 is 1. The lowest BCUT2D eigenvalue weighted by Gasteiger charge is -2.09. The van der Waals surface area contributed by atoms with E-state index in [1.165, 1.54) is 5.56 Å². The van der Waals surface area contributed by atoms with Gasteiger partial charge in [0.05, 0.1) is 19.0 Å². The summed E-state index contributed by atoms with van der Waals surface area (Å²) in [6.45, 7) is 2.24. The minimum atomic E-state index is -0.769. The predicted molar refractivity (Wildman–Crippen MR) is 74.0 cm³/mol. The lowest BCUT2D eigenvalue weighted by atomic mass is 10.1. The van der Waals surface area contributed by atoms with E-state index < -0.39 is 6.10 Å². The Labute approximate surface area is 112 Å². The van der Waals surface area contributed by atoms with Gasteiger partial charge in [-0.2, -0.15) is 0 Å². The first-order chi connectivity index (χ1) is 9.19. The minimum Gasteiger partial charge on any atom is -0.496 e. The average molecular weight is 261 g/mol. The maximum atomic E-state index is 9.67. The van der Waals surface area contributed by atoms with Crippen LogP contribution in [-0.2, 0) is 6.42 Å². The maximum absolute atomic E-state index is 9.67. The minimum absolute atomic E-state index is 0.138. The smallest absolute Gasteiger partial charge is 0.136 e. The number of ether oxygens (including phenoxy) is 1. The third-order valence-corrected chi connectivity index (χ3v) is 3.10. The molecule has 0 radical (unpaired) electrons. The molecular weight excluding hydrogens is 242 g/mol. The number of H-pyrrole nitrogens is 1. The highest BCUT2D eigenvalue weighted by Gasteiger charge is 2.13.